The van der Waals surface area contributed by atoms with Crippen molar-refractivity contribution in [1.82, 2.24) is 5.16 Å². The molecule has 1 aliphatic carbocycles. The third-order valence-corrected chi connectivity index (χ3v) is 6.19. The number of methoxy groups -OCH3 is 1. The van der Waals surface area contributed by atoms with Crippen LogP contribution in [0.1, 0.15) is 51.1 Å². The van der Waals surface area contributed by atoms with Crippen LogP contribution in [0, 0.1) is 0 Å². The second-order valence-electron chi connectivity index (χ2n) is 6.89. The van der Waals surface area contributed by atoms with E-state index in [0.29, 0.717) is 22.9 Å². The molecule has 2 heterocycles. The van der Waals surface area contributed by atoms with Gasteiger partial charge in [-0.2, -0.15) is 0 Å². The molecule has 1 aliphatic rings. The summed E-state index contributed by atoms with van der Waals surface area (Å²) >= 11 is 1.43. The van der Waals surface area contributed by atoms with Crippen LogP contribution in [0.25, 0.3) is 11.3 Å². The lowest BCUT2D eigenvalue weighted by atomic mass is 9.95. The number of hydrogen-bond donors (Lipinski definition) is 1. The van der Waals surface area contributed by atoms with Crippen molar-refractivity contribution < 1.29 is 23.6 Å². The lowest BCUT2D eigenvalue weighted by Crippen LogP contribution is -2.15. The van der Waals surface area contributed by atoms with Gasteiger partial charge in [-0.05, 0) is 62.4 Å². The number of rotatable bonds is 6. The number of carbonyl (C=O) groups is 2. The molecule has 0 spiro atoms. The summed E-state index contributed by atoms with van der Waals surface area (Å²) < 4.78 is 15.7. The van der Waals surface area contributed by atoms with E-state index in [4.69, 9.17) is 14.0 Å². The minimum absolute atomic E-state index is 0.140. The van der Waals surface area contributed by atoms with Crippen LogP contribution >= 0.6 is 11.3 Å². The normalized spacial score (nSPS) is 12.9. The molecule has 0 saturated carbocycles. The Morgan fingerprint density at radius 2 is 1.97 bits per heavy atom. The van der Waals surface area contributed by atoms with E-state index in [2.05, 4.69) is 10.5 Å². The van der Waals surface area contributed by atoms with Crippen LogP contribution < -0.4 is 10.1 Å². The van der Waals surface area contributed by atoms with E-state index in [1.54, 1.807) is 6.07 Å². The second-order valence-corrected chi connectivity index (χ2v) is 8.00. The maximum Gasteiger partial charge on any atom is 0.341 e. The van der Waals surface area contributed by atoms with Crippen molar-refractivity contribution in [2.45, 2.75) is 32.6 Å². The average Bonchev–Trinajstić information content (AvgIpc) is 3.39. The van der Waals surface area contributed by atoms with Gasteiger partial charge < -0.3 is 19.3 Å². The monoisotopic (exact) mass is 426 g/mol. The Bertz CT molecular complexity index is 1070. The van der Waals surface area contributed by atoms with Crippen molar-refractivity contribution in [3.05, 3.63) is 52.0 Å². The van der Waals surface area contributed by atoms with Gasteiger partial charge in [0.05, 0.1) is 19.3 Å². The van der Waals surface area contributed by atoms with Gasteiger partial charge in [-0.25, -0.2) is 4.79 Å². The van der Waals surface area contributed by atoms with Gasteiger partial charge in [0.15, 0.2) is 11.5 Å². The highest BCUT2D eigenvalue weighted by atomic mass is 32.1. The van der Waals surface area contributed by atoms with E-state index in [-0.39, 0.29) is 5.69 Å². The maximum atomic E-state index is 12.8. The Hall–Kier alpha value is -3.13. The van der Waals surface area contributed by atoms with Crippen LogP contribution in [0.4, 0.5) is 5.00 Å². The van der Waals surface area contributed by atoms with E-state index < -0.39 is 11.9 Å². The highest BCUT2D eigenvalue weighted by molar-refractivity contribution is 7.17. The van der Waals surface area contributed by atoms with Crippen LogP contribution in [0.15, 0.2) is 34.9 Å². The summed E-state index contributed by atoms with van der Waals surface area (Å²) in [6.45, 7) is 2.51. The number of aryl methyl sites for hydroxylation is 1. The molecule has 1 N–H and O–H groups in total. The number of fused-ring (bicyclic) bond motifs is 1. The maximum absolute atomic E-state index is 12.8. The summed E-state index contributed by atoms with van der Waals surface area (Å²) in [5.74, 6) is 0.372. The molecule has 0 unspecified atom stereocenters. The number of nitrogens with zero attached hydrogens (tertiary/aromatic N) is 1. The van der Waals surface area contributed by atoms with Crippen LogP contribution in [-0.4, -0.2) is 30.7 Å². The van der Waals surface area contributed by atoms with Crippen molar-refractivity contribution >= 4 is 28.2 Å². The molecule has 0 aliphatic heterocycles. The molecule has 0 fully saturated rings. The first kappa shape index (κ1) is 20.2. The number of amides is 1. The fraction of sp³-hybridized carbons (Fsp3) is 0.318. The van der Waals surface area contributed by atoms with E-state index in [1.807, 2.05) is 31.2 Å². The molecule has 7 nitrogen and oxygen atoms in total. The highest BCUT2D eigenvalue weighted by Gasteiger charge is 2.27. The number of benzene rings is 1. The summed E-state index contributed by atoms with van der Waals surface area (Å²) in [6, 6.07) is 8.93. The molecule has 1 aromatic carbocycles. The van der Waals surface area contributed by atoms with Crippen molar-refractivity contribution in [3.8, 4) is 17.1 Å². The zero-order valence-electron chi connectivity index (χ0n) is 16.8. The molecule has 0 atom stereocenters. The largest absolute Gasteiger partial charge is 0.494 e. The SMILES string of the molecule is CCOc1ccc(-c2cc(C(=O)Nc3sc4c(c3C(=O)OC)CCCC4)no2)cc1. The fourth-order valence-electron chi connectivity index (χ4n) is 3.54. The number of thiophene rings is 1. The first-order chi connectivity index (χ1) is 14.6. The second kappa shape index (κ2) is 8.71. The van der Waals surface area contributed by atoms with E-state index in [9.17, 15) is 9.59 Å². The third-order valence-electron chi connectivity index (χ3n) is 4.98. The van der Waals surface area contributed by atoms with Crippen molar-refractivity contribution in [2.24, 2.45) is 0 Å². The number of anilines is 1. The van der Waals surface area contributed by atoms with Gasteiger partial charge in [-0.3, -0.25) is 4.79 Å². The van der Waals surface area contributed by atoms with Gasteiger partial charge >= 0.3 is 5.97 Å². The molecule has 4 rings (SSSR count). The first-order valence-electron chi connectivity index (χ1n) is 9.84. The van der Waals surface area contributed by atoms with E-state index in [0.717, 1.165) is 47.4 Å². The zero-order valence-corrected chi connectivity index (χ0v) is 17.6. The number of nitrogens with one attached hydrogen (secondary N) is 1. The van der Waals surface area contributed by atoms with Gasteiger partial charge in [0.2, 0.25) is 0 Å². The standard InChI is InChI=1S/C22H22N2O5S/c1-3-28-14-10-8-13(9-11-14)17-12-16(24-29-17)20(25)23-21-19(22(26)27-2)15-6-4-5-7-18(15)30-21/h8-12H,3-7H2,1-2H3,(H,23,25). The molecular weight excluding hydrogens is 404 g/mol. The summed E-state index contributed by atoms with van der Waals surface area (Å²) in [4.78, 5) is 26.2. The quantitative estimate of drug-likeness (QED) is 0.574. The minimum atomic E-state index is -0.431. The number of hydrogen-bond acceptors (Lipinski definition) is 7. The van der Waals surface area contributed by atoms with Crippen LogP contribution in [0.3, 0.4) is 0 Å². The van der Waals surface area contributed by atoms with Crippen LogP contribution in [0.5, 0.6) is 5.75 Å². The Labute approximate surface area is 178 Å². The smallest absolute Gasteiger partial charge is 0.341 e. The van der Waals surface area contributed by atoms with Gasteiger partial charge in [-0.1, -0.05) is 5.16 Å². The Morgan fingerprint density at radius 3 is 2.70 bits per heavy atom. The summed E-state index contributed by atoms with van der Waals surface area (Å²) in [5.41, 5.74) is 2.37. The molecule has 1 amide bonds. The Balaban J connectivity index is 1.55. The molecule has 8 heteroatoms. The number of carbonyl (C=O) groups excluding carboxylic acids is 2. The van der Waals surface area contributed by atoms with E-state index in [1.165, 1.54) is 18.4 Å². The molecule has 0 saturated heterocycles. The highest BCUT2D eigenvalue weighted by Crippen LogP contribution is 2.38. The lowest BCUT2D eigenvalue weighted by Gasteiger charge is -2.11. The Kier molecular flexibility index (Phi) is 5.85. The molecule has 156 valence electrons. The predicted octanol–water partition coefficient (Wildman–Crippen LogP) is 4.72. The molecule has 0 radical (unpaired) electrons. The van der Waals surface area contributed by atoms with Crippen molar-refractivity contribution in [2.75, 3.05) is 19.0 Å². The number of aromatic nitrogens is 1. The fourth-order valence-corrected chi connectivity index (χ4v) is 4.81. The van der Waals surface area contributed by atoms with Gasteiger partial charge in [0.1, 0.15) is 10.8 Å². The molecule has 30 heavy (non-hydrogen) atoms. The molecule has 2 aromatic heterocycles. The van der Waals surface area contributed by atoms with Crippen molar-refractivity contribution in [1.29, 1.82) is 0 Å². The third kappa shape index (κ3) is 3.95. The summed E-state index contributed by atoms with van der Waals surface area (Å²) in [7, 11) is 1.35. The molecular formula is C22H22N2O5S. The van der Waals surface area contributed by atoms with E-state index >= 15 is 0 Å². The summed E-state index contributed by atoms with van der Waals surface area (Å²) in [5, 5.41) is 7.22. The summed E-state index contributed by atoms with van der Waals surface area (Å²) in [6.07, 6.45) is 3.83. The minimum Gasteiger partial charge on any atom is -0.494 e. The number of esters is 1. The van der Waals surface area contributed by atoms with Crippen LogP contribution in [-0.2, 0) is 17.6 Å². The average molecular weight is 426 g/mol. The van der Waals surface area contributed by atoms with Gasteiger partial charge in [0, 0.05) is 16.5 Å². The van der Waals surface area contributed by atoms with Gasteiger partial charge in [0.25, 0.3) is 5.91 Å². The molecule has 0 bridgehead atoms. The van der Waals surface area contributed by atoms with Crippen molar-refractivity contribution in [3.63, 3.8) is 0 Å². The Morgan fingerprint density at radius 1 is 1.20 bits per heavy atom. The first-order valence-corrected chi connectivity index (χ1v) is 10.7. The van der Waals surface area contributed by atoms with Crippen LogP contribution in [0.2, 0.25) is 0 Å². The predicted molar refractivity (Wildman–Crippen MR) is 113 cm³/mol. The molecule has 3 aromatic rings. The lowest BCUT2D eigenvalue weighted by molar-refractivity contribution is 0.0601. The number of ether oxygens (including phenoxy) is 2. The topological polar surface area (TPSA) is 90.7 Å². The van der Waals surface area contributed by atoms with Gasteiger partial charge in [-0.15, -0.1) is 11.3 Å². The zero-order chi connectivity index (χ0) is 21.1.